The van der Waals surface area contributed by atoms with E-state index in [0.717, 1.165) is 24.1 Å². The van der Waals surface area contributed by atoms with Crippen LogP contribution in [0.2, 0.25) is 0 Å². The molecule has 178 valence electrons. The van der Waals surface area contributed by atoms with E-state index in [1.54, 1.807) is 37.1 Å². The number of nitrogens with one attached hydrogen (secondary N) is 1. The Labute approximate surface area is 197 Å². The number of hydrogen-bond acceptors (Lipinski definition) is 7. The summed E-state index contributed by atoms with van der Waals surface area (Å²) in [5, 5.41) is 3.31. The third-order valence-corrected chi connectivity index (χ3v) is 6.38. The number of ether oxygens (including phenoxy) is 3. The van der Waals surface area contributed by atoms with Crippen LogP contribution in [-0.2, 0) is 20.7 Å². The van der Waals surface area contributed by atoms with Gasteiger partial charge in [0.05, 0.1) is 19.3 Å². The molecule has 2 aromatic rings. The van der Waals surface area contributed by atoms with E-state index in [0.29, 0.717) is 22.1 Å². The van der Waals surface area contributed by atoms with E-state index in [2.05, 4.69) is 5.32 Å². The van der Waals surface area contributed by atoms with Crippen molar-refractivity contribution in [2.75, 3.05) is 32.2 Å². The molecule has 8 nitrogen and oxygen atoms in total. The Hall–Kier alpha value is -3.07. The van der Waals surface area contributed by atoms with Crippen molar-refractivity contribution >= 4 is 34.1 Å². The molecule has 33 heavy (non-hydrogen) atoms. The molecule has 0 unspecified atom stereocenters. The van der Waals surface area contributed by atoms with Gasteiger partial charge >= 0.3 is 5.97 Å². The molecule has 1 heterocycles. The molecule has 3 rings (SSSR count). The third kappa shape index (κ3) is 6.71. The zero-order valence-corrected chi connectivity index (χ0v) is 20.0. The van der Waals surface area contributed by atoms with Crippen molar-refractivity contribution in [2.45, 2.75) is 45.6 Å². The van der Waals surface area contributed by atoms with Gasteiger partial charge in [0.2, 0.25) is 5.91 Å². The number of thiophene rings is 1. The summed E-state index contributed by atoms with van der Waals surface area (Å²) < 4.78 is 16.0. The first-order valence-electron chi connectivity index (χ1n) is 11.1. The van der Waals surface area contributed by atoms with Gasteiger partial charge in [-0.25, -0.2) is 4.79 Å². The van der Waals surface area contributed by atoms with Crippen LogP contribution in [0.25, 0.3) is 0 Å². The highest BCUT2D eigenvalue weighted by molar-refractivity contribution is 7.16. The number of benzene rings is 1. The molecule has 1 aliphatic rings. The zero-order chi connectivity index (χ0) is 23.8. The largest absolute Gasteiger partial charge is 0.493 e. The molecule has 1 fully saturated rings. The van der Waals surface area contributed by atoms with E-state index in [1.165, 1.54) is 11.3 Å². The Morgan fingerprint density at radius 1 is 1.15 bits per heavy atom. The van der Waals surface area contributed by atoms with Crippen LogP contribution < -0.4 is 14.8 Å². The van der Waals surface area contributed by atoms with Gasteiger partial charge in [0, 0.05) is 23.9 Å². The van der Waals surface area contributed by atoms with Gasteiger partial charge in [0.15, 0.2) is 18.1 Å². The number of anilines is 1. The quantitative estimate of drug-likeness (QED) is 0.469. The molecule has 1 saturated carbocycles. The number of hydrogen-bond donors (Lipinski definition) is 1. The minimum Gasteiger partial charge on any atom is -0.493 e. The molecule has 1 N–H and O–H groups in total. The van der Waals surface area contributed by atoms with Gasteiger partial charge in [-0.05, 0) is 44.4 Å². The van der Waals surface area contributed by atoms with Gasteiger partial charge in [0.1, 0.15) is 5.00 Å². The second-order valence-corrected chi connectivity index (χ2v) is 8.72. The first kappa shape index (κ1) is 24.6. The molecule has 0 radical (unpaired) electrons. The fourth-order valence-corrected chi connectivity index (χ4v) is 4.34. The number of aryl methyl sites for hydroxylation is 1. The van der Waals surface area contributed by atoms with Crippen molar-refractivity contribution in [3.05, 3.63) is 40.8 Å². The Morgan fingerprint density at radius 3 is 2.52 bits per heavy atom. The maximum Gasteiger partial charge on any atom is 0.341 e. The molecule has 1 aliphatic carbocycles. The van der Waals surface area contributed by atoms with E-state index in [1.807, 2.05) is 19.1 Å². The Balaban J connectivity index is 1.57. The summed E-state index contributed by atoms with van der Waals surface area (Å²) >= 11 is 1.37. The first-order chi connectivity index (χ1) is 16.0. The van der Waals surface area contributed by atoms with E-state index in [9.17, 15) is 14.4 Å². The smallest absolute Gasteiger partial charge is 0.341 e. The molecule has 1 aromatic heterocycles. The molecule has 9 heteroatoms. The minimum atomic E-state index is -0.452. The molecule has 0 spiro atoms. The lowest BCUT2D eigenvalue weighted by Crippen LogP contribution is -2.38. The van der Waals surface area contributed by atoms with Gasteiger partial charge in [-0.1, -0.05) is 19.1 Å². The van der Waals surface area contributed by atoms with Crippen molar-refractivity contribution in [3.63, 3.8) is 0 Å². The highest BCUT2D eigenvalue weighted by Gasteiger charge is 2.33. The summed E-state index contributed by atoms with van der Waals surface area (Å²) in [6, 6.07) is 9.04. The number of esters is 1. The maximum atomic E-state index is 12.8. The highest BCUT2D eigenvalue weighted by atomic mass is 32.1. The van der Waals surface area contributed by atoms with Crippen LogP contribution in [0.1, 0.15) is 48.3 Å². The lowest BCUT2D eigenvalue weighted by molar-refractivity contribution is -0.134. The Kier molecular flexibility index (Phi) is 8.71. The SMILES string of the molecule is CCOC(=O)c1cc(CC)sc1NC(=O)CCN(C(=O)COc1ccccc1OC)C1CC1. The lowest BCUT2D eigenvalue weighted by atomic mass is 10.2. The summed E-state index contributed by atoms with van der Waals surface area (Å²) in [6.07, 6.45) is 2.71. The third-order valence-electron chi connectivity index (χ3n) is 5.19. The van der Waals surface area contributed by atoms with Crippen LogP contribution in [0, 0.1) is 0 Å². The van der Waals surface area contributed by atoms with Crippen molar-refractivity contribution in [1.29, 1.82) is 0 Å². The molecule has 0 atom stereocenters. The van der Waals surface area contributed by atoms with Crippen LogP contribution in [0.3, 0.4) is 0 Å². The van der Waals surface area contributed by atoms with Crippen molar-refractivity contribution < 1.29 is 28.6 Å². The molecule has 0 aliphatic heterocycles. The summed E-state index contributed by atoms with van der Waals surface area (Å²) in [5.74, 6) is 0.175. The molecule has 0 saturated heterocycles. The number of amides is 2. The predicted molar refractivity (Wildman–Crippen MR) is 126 cm³/mol. The molecule has 1 aromatic carbocycles. The predicted octanol–water partition coefficient (Wildman–Crippen LogP) is 3.89. The van der Waals surface area contributed by atoms with Gasteiger partial charge < -0.3 is 24.4 Å². The van der Waals surface area contributed by atoms with Crippen LogP contribution in [0.15, 0.2) is 30.3 Å². The Bertz CT molecular complexity index is 985. The van der Waals surface area contributed by atoms with Gasteiger partial charge in [0.25, 0.3) is 5.91 Å². The summed E-state index contributed by atoms with van der Waals surface area (Å²) in [7, 11) is 1.55. The van der Waals surface area contributed by atoms with Crippen LogP contribution >= 0.6 is 11.3 Å². The van der Waals surface area contributed by atoms with Crippen LogP contribution in [0.5, 0.6) is 11.5 Å². The van der Waals surface area contributed by atoms with Crippen LogP contribution in [-0.4, -0.2) is 55.6 Å². The fraction of sp³-hybridized carbons (Fsp3) is 0.458. The molecule has 2 amide bonds. The second-order valence-electron chi connectivity index (χ2n) is 7.59. The summed E-state index contributed by atoms with van der Waals surface area (Å²) in [5.41, 5.74) is 0.368. The average Bonchev–Trinajstić information content (AvgIpc) is 3.57. The standard InChI is InChI=1S/C24H30N2O6S/c1-4-17-14-18(24(29)31-5-2)23(33-17)25-21(27)12-13-26(16-10-11-16)22(28)15-32-20-9-7-6-8-19(20)30-3/h6-9,14,16H,4-5,10-13,15H2,1-3H3,(H,25,27). The summed E-state index contributed by atoms with van der Waals surface area (Å²) in [6.45, 7) is 4.14. The summed E-state index contributed by atoms with van der Waals surface area (Å²) in [4.78, 5) is 40.3. The van der Waals surface area contributed by atoms with E-state index < -0.39 is 5.97 Å². The zero-order valence-electron chi connectivity index (χ0n) is 19.2. The highest BCUT2D eigenvalue weighted by Crippen LogP contribution is 2.31. The Morgan fingerprint density at radius 2 is 1.88 bits per heavy atom. The second kappa shape index (κ2) is 11.7. The van der Waals surface area contributed by atoms with E-state index in [4.69, 9.17) is 14.2 Å². The average molecular weight is 475 g/mol. The molecule has 0 bridgehead atoms. The molecular formula is C24H30N2O6S. The fourth-order valence-electron chi connectivity index (χ4n) is 3.34. The van der Waals surface area contributed by atoms with E-state index in [-0.39, 0.29) is 44.0 Å². The number of rotatable bonds is 12. The van der Waals surface area contributed by atoms with Gasteiger partial charge in [-0.15, -0.1) is 11.3 Å². The number of carbonyl (C=O) groups excluding carboxylic acids is 3. The topological polar surface area (TPSA) is 94.2 Å². The van der Waals surface area contributed by atoms with Crippen molar-refractivity contribution in [2.24, 2.45) is 0 Å². The van der Waals surface area contributed by atoms with E-state index >= 15 is 0 Å². The molecular weight excluding hydrogens is 444 g/mol. The normalized spacial score (nSPS) is 12.7. The van der Waals surface area contributed by atoms with Crippen LogP contribution in [0.4, 0.5) is 5.00 Å². The monoisotopic (exact) mass is 474 g/mol. The number of carbonyl (C=O) groups is 3. The van der Waals surface area contributed by atoms with Crippen molar-refractivity contribution in [1.82, 2.24) is 4.90 Å². The van der Waals surface area contributed by atoms with Gasteiger partial charge in [-0.3, -0.25) is 9.59 Å². The lowest BCUT2D eigenvalue weighted by Gasteiger charge is -2.22. The minimum absolute atomic E-state index is 0.124. The maximum absolute atomic E-state index is 12.8. The first-order valence-corrected chi connectivity index (χ1v) is 11.9. The van der Waals surface area contributed by atoms with Gasteiger partial charge in [-0.2, -0.15) is 0 Å². The number of methoxy groups -OCH3 is 1. The van der Waals surface area contributed by atoms with Crippen molar-refractivity contribution in [3.8, 4) is 11.5 Å². The number of para-hydroxylation sites is 2. The number of nitrogens with zero attached hydrogens (tertiary/aromatic N) is 1.